The molecule has 1 heterocycles. The minimum Gasteiger partial charge on any atom is -0.508 e. The average molecular weight is 284 g/mol. The number of phenolic OH excluding ortho intramolecular Hbond substituents is 1. The molecule has 0 aliphatic carbocycles. The van der Waals surface area contributed by atoms with Gasteiger partial charge in [0, 0.05) is 18.7 Å². The highest BCUT2D eigenvalue weighted by Crippen LogP contribution is 2.19. The Morgan fingerprint density at radius 2 is 2.21 bits per heavy atom. The van der Waals surface area contributed by atoms with E-state index in [-0.39, 0.29) is 30.3 Å². The van der Waals surface area contributed by atoms with Gasteiger partial charge < -0.3 is 14.7 Å². The summed E-state index contributed by atoms with van der Waals surface area (Å²) in [6.45, 7) is 3.01. The van der Waals surface area contributed by atoms with Gasteiger partial charge >= 0.3 is 0 Å². The summed E-state index contributed by atoms with van der Waals surface area (Å²) in [5, 5.41) is 9.69. The van der Waals surface area contributed by atoms with Crippen molar-refractivity contribution in [3.8, 4) is 5.75 Å². The van der Waals surface area contributed by atoms with Gasteiger partial charge in [-0.15, -0.1) is 11.6 Å². The molecule has 1 aliphatic rings. The van der Waals surface area contributed by atoms with E-state index in [0.717, 1.165) is 0 Å². The van der Waals surface area contributed by atoms with E-state index in [1.165, 1.54) is 0 Å². The van der Waals surface area contributed by atoms with Gasteiger partial charge in [0.1, 0.15) is 5.75 Å². The molecule has 0 bridgehead atoms. The number of morpholine rings is 1. The summed E-state index contributed by atoms with van der Waals surface area (Å²) >= 11 is 5.80. The van der Waals surface area contributed by atoms with Crippen LogP contribution in [0.4, 0.5) is 0 Å². The van der Waals surface area contributed by atoms with Crippen LogP contribution in [0.15, 0.2) is 24.3 Å². The topological polar surface area (TPSA) is 49.8 Å². The number of alkyl halides is 1. The van der Waals surface area contributed by atoms with Crippen LogP contribution < -0.4 is 0 Å². The van der Waals surface area contributed by atoms with Crippen molar-refractivity contribution in [2.45, 2.75) is 25.6 Å². The van der Waals surface area contributed by atoms with Gasteiger partial charge in [0.25, 0.3) is 0 Å². The smallest absolute Gasteiger partial charge is 0.227 e. The zero-order valence-electron chi connectivity index (χ0n) is 10.9. The van der Waals surface area contributed by atoms with E-state index in [9.17, 15) is 9.90 Å². The Labute approximate surface area is 117 Å². The van der Waals surface area contributed by atoms with Crippen molar-refractivity contribution < 1.29 is 14.6 Å². The monoisotopic (exact) mass is 283 g/mol. The number of hydrogen-bond donors (Lipinski definition) is 1. The highest BCUT2D eigenvalue weighted by Gasteiger charge is 2.28. The van der Waals surface area contributed by atoms with Gasteiger partial charge in [-0.2, -0.15) is 0 Å². The average Bonchev–Trinajstić information content (AvgIpc) is 2.40. The highest BCUT2D eigenvalue weighted by molar-refractivity contribution is 6.18. The Morgan fingerprint density at radius 1 is 1.47 bits per heavy atom. The molecule has 2 rings (SSSR count). The second-order valence-corrected chi connectivity index (χ2v) is 5.14. The van der Waals surface area contributed by atoms with E-state index in [1.54, 1.807) is 23.1 Å². The maximum absolute atomic E-state index is 12.2. The maximum atomic E-state index is 12.2. The van der Waals surface area contributed by atoms with Crippen LogP contribution in [0.1, 0.15) is 12.5 Å². The van der Waals surface area contributed by atoms with Crippen molar-refractivity contribution in [3.05, 3.63) is 29.8 Å². The van der Waals surface area contributed by atoms with E-state index in [1.807, 2.05) is 13.0 Å². The van der Waals surface area contributed by atoms with Crippen molar-refractivity contribution in [1.29, 1.82) is 0 Å². The first-order valence-corrected chi connectivity index (χ1v) is 6.89. The summed E-state index contributed by atoms with van der Waals surface area (Å²) < 4.78 is 5.61. The van der Waals surface area contributed by atoms with Crippen molar-refractivity contribution in [1.82, 2.24) is 4.90 Å². The number of carbonyl (C=O) groups excluding carboxylic acids is 1. The largest absolute Gasteiger partial charge is 0.508 e. The quantitative estimate of drug-likeness (QED) is 0.861. The molecule has 19 heavy (non-hydrogen) atoms. The summed E-state index contributed by atoms with van der Waals surface area (Å²) in [5.74, 6) is 0.530. The van der Waals surface area contributed by atoms with E-state index in [0.29, 0.717) is 24.5 Å². The molecule has 0 radical (unpaired) electrons. The van der Waals surface area contributed by atoms with Crippen LogP contribution in [0.5, 0.6) is 5.75 Å². The number of phenols is 1. The van der Waals surface area contributed by atoms with Gasteiger partial charge in [0.15, 0.2) is 0 Å². The first-order chi connectivity index (χ1) is 9.10. The second kappa shape index (κ2) is 6.26. The minimum absolute atomic E-state index is 0.00762. The molecule has 2 atom stereocenters. The summed E-state index contributed by atoms with van der Waals surface area (Å²) in [6.07, 6.45) is 0.0820. The van der Waals surface area contributed by atoms with E-state index in [2.05, 4.69) is 0 Å². The van der Waals surface area contributed by atoms with E-state index >= 15 is 0 Å². The molecule has 104 valence electrons. The number of benzene rings is 1. The fourth-order valence-corrected chi connectivity index (χ4v) is 2.44. The van der Waals surface area contributed by atoms with Crippen LogP contribution in [-0.2, 0) is 16.0 Å². The molecule has 1 aromatic carbocycles. The predicted octanol–water partition coefficient (Wildman–Crippen LogP) is 1.79. The third kappa shape index (κ3) is 3.61. The number of ether oxygens (including phenoxy) is 1. The summed E-state index contributed by atoms with van der Waals surface area (Å²) in [4.78, 5) is 14.0. The van der Waals surface area contributed by atoms with Gasteiger partial charge in [-0.1, -0.05) is 18.2 Å². The van der Waals surface area contributed by atoms with Crippen LogP contribution in [0.2, 0.25) is 0 Å². The number of nitrogens with zero attached hydrogens (tertiary/aromatic N) is 1. The molecule has 5 heteroatoms. The molecule has 0 spiro atoms. The van der Waals surface area contributed by atoms with Crippen molar-refractivity contribution >= 4 is 17.5 Å². The Morgan fingerprint density at radius 3 is 2.89 bits per heavy atom. The van der Waals surface area contributed by atoms with Gasteiger partial charge in [-0.25, -0.2) is 0 Å². The molecule has 0 saturated carbocycles. The molecular formula is C14H18ClNO3. The zero-order chi connectivity index (χ0) is 13.8. The molecule has 1 saturated heterocycles. The lowest BCUT2D eigenvalue weighted by molar-refractivity contribution is -0.142. The Hall–Kier alpha value is -1.26. The summed E-state index contributed by atoms with van der Waals surface area (Å²) in [7, 11) is 0. The molecule has 2 unspecified atom stereocenters. The Bertz CT molecular complexity index is 452. The minimum atomic E-state index is -0.112. The molecule has 4 nitrogen and oxygen atoms in total. The normalized spacial score (nSPS) is 23.4. The Balaban J connectivity index is 2.01. The van der Waals surface area contributed by atoms with Crippen molar-refractivity contribution in [3.63, 3.8) is 0 Å². The molecule has 1 amide bonds. The molecule has 1 N–H and O–H groups in total. The second-order valence-electron chi connectivity index (χ2n) is 4.83. The number of para-hydroxylation sites is 1. The van der Waals surface area contributed by atoms with Gasteiger partial charge in [-0.3, -0.25) is 4.79 Å². The molecular weight excluding hydrogens is 266 g/mol. The number of carbonyl (C=O) groups is 1. The predicted molar refractivity (Wildman–Crippen MR) is 73.4 cm³/mol. The first kappa shape index (κ1) is 14.2. The molecule has 0 aromatic heterocycles. The lowest BCUT2D eigenvalue weighted by Crippen LogP contribution is -2.50. The lowest BCUT2D eigenvalue weighted by Gasteiger charge is -2.36. The van der Waals surface area contributed by atoms with Crippen LogP contribution in [0.25, 0.3) is 0 Å². The lowest BCUT2D eigenvalue weighted by atomic mass is 10.1. The number of hydrogen-bond acceptors (Lipinski definition) is 3. The third-order valence-electron chi connectivity index (χ3n) is 3.18. The molecule has 1 aromatic rings. The molecule has 1 fully saturated rings. The van der Waals surface area contributed by atoms with E-state index < -0.39 is 0 Å². The van der Waals surface area contributed by atoms with Gasteiger partial charge in [0.2, 0.25) is 5.91 Å². The maximum Gasteiger partial charge on any atom is 0.227 e. The first-order valence-electron chi connectivity index (χ1n) is 6.36. The fourth-order valence-electron chi connectivity index (χ4n) is 2.27. The fraction of sp³-hybridized carbons (Fsp3) is 0.500. The van der Waals surface area contributed by atoms with Crippen LogP contribution >= 0.6 is 11.6 Å². The standard InChI is InChI=1S/C14H18ClNO3/c1-10-8-16(9-12(7-15)19-10)14(18)6-11-4-2-3-5-13(11)17/h2-5,10,12,17H,6-9H2,1H3. The highest BCUT2D eigenvalue weighted by atomic mass is 35.5. The number of rotatable bonds is 3. The van der Waals surface area contributed by atoms with Crippen molar-refractivity contribution in [2.75, 3.05) is 19.0 Å². The zero-order valence-corrected chi connectivity index (χ0v) is 11.6. The number of aromatic hydroxyl groups is 1. The number of halogens is 1. The summed E-state index contributed by atoms with van der Waals surface area (Å²) in [5.41, 5.74) is 0.647. The number of amides is 1. The van der Waals surface area contributed by atoms with Gasteiger partial charge in [0.05, 0.1) is 24.5 Å². The van der Waals surface area contributed by atoms with Crippen LogP contribution in [0.3, 0.4) is 0 Å². The van der Waals surface area contributed by atoms with Crippen LogP contribution in [-0.4, -0.2) is 47.1 Å². The SMILES string of the molecule is CC1CN(C(=O)Cc2ccccc2O)CC(CCl)O1. The molecule has 1 aliphatic heterocycles. The third-order valence-corrected chi connectivity index (χ3v) is 3.53. The van der Waals surface area contributed by atoms with Gasteiger partial charge in [-0.05, 0) is 13.0 Å². The Kier molecular flexibility index (Phi) is 4.66. The summed E-state index contributed by atoms with van der Waals surface area (Å²) in [6, 6.07) is 6.90. The van der Waals surface area contributed by atoms with Crippen molar-refractivity contribution in [2.24, 2.45) is 0 Å². The van der Waals surface area contributed by atoms with Crippen LogP contribution in [0, 0.1) is 0 Å². The van der Waals surface area contributed by atoms with E-state index in [4.69, 9.17) is 16.3 Å².